The molecule has 23 heavy (non-hydrogen) atoms. The Labute approximate surface area is 147 Å². The van der Waals surface area contributed by atoms with Crippen LogP contribution in [0.1, 0.15) is 31.2 Å². The second kappa shape index (κ2) is 9.72. The Morgan fingerprint density at radius 3 is 2.04 bits per heavy atom. The Balaban J connectivity index is 0.000000509. The van der Waals surface area contributed by atoms with Gasteiger partial charge in [0.25, 0.3) is 0 Å². The summed E-state index contributed by atoms with van der Waals surface area (Å²) in [6, 6.07) is 8.93. The van der Waals surface area contributed by atoms with Crippen LogP contribution in [0.5, 0.6) is 0 Å². The van der Waals surface area contributed by atoms with Crippen molar-refractivity contribution in [3.05, 3.63) is 35.9 Å². The molecule has 134 valence electrons. The monoisotopic (exact) mass is 440 g/mol. The summed E-state index contributed by atoms with van der Waals surface area (Å²) in [6.07, 6.45) is 2.42. The molecule has 0 radical (unpaired) electrons. The molecule has 0 saturated heterocycles. The third kappa shape index (κ3) is 7.74. The molecule has 3 N–H and O–H groups in total. The SMILES string of the molecule is Cc1ccccc1.N[C@H]1CCCC[C@@H]1NS(=O)(=O)C(F)(F)F.[Ru]. The zero-order valence-electron chi connectivity index (χ0n) is 12.7. The minimum absolute atomic E-state index is 0. The maximum absolute atomic E-state index is 12.0. The fourth-order valence-electron chi connectivity index (χ4n) is 2.11. The number of nitrogens with two attached hydrogens (primary N) is 1. The van der Waals surface area contributed by atoms with E-state index < -0.39 is 27.6 Å². The van der Waals surface area contributed by atoms with Crippen molar-refractivity contribution in [2.24, 2.45) is 5.73 Å². The molecule has 0 amide bonds. The molecule has 0 spiro atoms. The molecular weight excluding hydrogens is 418 g/mol. The van der Waals surface area contributed by atoms with Gasteiger partial charge < -0.3 is 5.73 Å². The maximum atomic E-state index is 12.0. The van der Waals surface area contributed by atoms with Gasteiger partial charge in [-0.05, 0) is 19.8 Å². The number of hydrogen-bond donors (Lipinski definition) is 2. The predicted molar refractivity (Wildman–Crippen MR) is 79.5 cm³/mol. The van der Waals surface area contributed by atoms with Gasteiger partial charge >= 0.3 is 15.5 Å². The van der Waals surface area contributed by atoms with E-state index in [4.69, 9.17) is 5.73 Å². The molecule has 2 atom stereocenters. The first kappa shape index (κ1) is 22.5. The van der Waals surface area contributed by atoms with E-state index in [0.717, 1.165) is 6.42 Å². The van der Waals surface area contributed by atoms with Crippen molar-refractivity contribution in [1.82, 2.24) is 4.72 Å². The molecule has 1 aromatic carbocycles. The van der Waals surface area contributed by atoms with Crippen molar-refractivity contribution in [2.45, 2.75) is 50.2 Å². The van der Waals surface area contributed by atoms with E-state index >= 15 is 0 Å². The first-order valence-corrected chi connectivity index (χ1v) is 8.47. The first-order valence-electron chi connectivity index (χ1n) is 6.99. The summed E-state index contributed by atoms with van der Waals surface area (Å²) < 4.78 is 59.2. The van der Waals surface area contributed by atoms with Crippen LogP contribution in [-0.2, 0) is 29.5 Å². The normalized spacial score (nSPS) is 21.6. The summed E-state index contributed by atoms with van der Waals surface area (Å²) in [5, 5.41) is 0. The molecule has 0 aliphatic heterocycles. The summed E-state index contributed by atoms with van der Waals surface area (Å²) in [5.41, 5.74) is 1.60. The van der Waals surface area contributed by atoms with Crippen LogP contribution < -0.4 is 10.5 Å². The van der Waals surface area contributed by atoms with Crippen LogP contribution in [0.25, 0.3) is 0 Å². The second-order valence-corrected chi connectivity index (χ2v) is 6.98. The van der Waals surface area contributed by atoms with Gasteiger partial charge in [-0.1, -0.05) is 48.7 Å². The number of nitrogens with one attached hydrogen (secondary N) is 1. The molecule has 2 rings (SSSR count). The largest absolute Gasteiger partial charge is 0.511 e. The van der Waals surface area contributed by atoms with Gasteiger partial charge in [-0.2, -0.15) is 13.2 Å². The molecule has 0 heterocycles. The molecule has 0 bridgehead atoms. The summed E-state index contributed by atoms with van der Waals surface area (Å²) in [4.78, 5) is 0. The van der Waals surface area contributed by atoms with Crippen LogP contribution in [-0.4, -0.2) is 26.0 Å². The number of alkyl halides is 3. The van der Waals surface area contributed by atoms with Crippen molar-refractivity contribution >= 4 is 10.0 Å². The molecular formula is C14H21F3N2O2RuS. The molecule has 1 saturated carbocycles. The van der Waals surface area contributed by atoms with Crippen LogP contribution in [0.3, 0.4) is 0 Å². The van der Waals surface area contributed by atoms with Gasteiger partial charge in [-0.3, -0.25) is 0 Å². The molecule has 1 aromatic rings. The molecule has 4 nitrogen and oxygen atoms in total. The third-order valence-corrected chi connectivity index (χ3v) is 4.59. The second-order valence-electron chi connectivity index (χ2n) is 5.28. The van der Waals surface area contributed by atoms with Gasteiger partial charge in [0, 0.05) is 31.6 Å². The van der Waals surface area contributed by atoms with E-state index in [1.165, 1.54) is 5.56 Å². The van der Waals surface area contributed by atoms with Gasteiger partial charge in [-0.25, -0.2) is 13.1 Å². The Morgan fingerprint density at radius 2 is 1.65 bits per heavy atom. The standard InChI is InChI=1S/C7H13F3N2O2S.C7H8.Ru/c8-7(9,10)15(13,14)12-6-4-2-1-3-5(6)11;1-7-5-3-2-4-6-7;/h5-6,12H,1-4,11H2;2-6H,1H3;/t5-,6-;;/m0../s1. The van der Waals surface area contributed by atoms with E-state index in [0.29, 0.717) is 19.3 Å². The first-order chi connectivity index (χ1) is 10.1. The van der Waals surface area contributed by atoms with Crippen molar-refractivity contribution in [1.29, 1.82) is 0 Å². The maximum Gasteiger partial charge on any atom is 0.511 e. The van der Waals surface area contributed by atoms with Gasteiger partial charge in [0.1, 0.15) is 0 Å². The van der Waals surface area contributed by atoms with E-state index in [1.807, 2.05) is 18.2 Å². The van der Waals surface area contributed by atoms with Crippen molar-refractivity contribution in [3.63, 3.8) is 0 Å². The van der Waals surface area contributed by atoms with Crippen LogP contribution >= 0.6 is 0 Å². The van der Waals surface area contributed by atoms with Gasteiger partial charge in [0.15, 0.2) is 0 Å². The van der Waals surface area contributed by atoms with Crippen LogP contribution in [0.2, 0.25) is 0 Å². The fraction of sp³-hybridized carbons (Fsp3) is 0.571. The summed E-state index contributed by atoms with van der Waals surface area (Å²) in [6.45, 7) is 2.08. The average molecular weight is 439 g/mol. The van der Waals surface area contributed by atoms with E-state index in [2.05, 4.69) is 19.1 Å². The molecule has 0 unspecified atom stereocenters. The van der Waals surface area contributed by atoms with E-state index in [9.17, 15) is 21.6 Å². The minimum Gasteiger partial charge on any atom is -0.326 e. The Hall–Kier alpha value is -0.497. The number of hydrogen-bond acceptors (Lipinski definition) is 3. The number of sulfonamides is 1. The zero-order valence-corrected chi connectivity index (χ0v) is 15.2. The predicted octanol–water partition coefficient (Wildman–Crippen LogP) is 2.69. The molecule has 1 aliphatic carbocycles. The van der Waals surface area contributed by atoms with Crippen molar-refractivity contribution in [3.8, 4) is 0 Å². The van der Waals surface area contributed by atoms with Gasteiger partial charge in [-0.15, -0.1) is 0 Å². The Kier molecular flexibility index (Phi) is 9.51. The number of rotatable bonds is 2. The zero-order chi connectivity index (χ0) is 16.8. The summed E-state index contributed by atoms with van der Waals surface area (Å²) >= 11 is 0. The van der Waals surface area contributed by atoms with Crippen molar-refractivity contribution in [2.75, 3.05) is 0 Å². The molecule has 9 heteroatoms. The number of aryl methyl sites for hydroxylation is 1. The quantitative estimate of drug-likeness (QED) is 0.696. The van der Waals surface area contributed by atoms with E-state index in [1.54, 1.807) is 4.72 Å². The number of benzene rings is 1. The number of halogens is 3. The van der Waals surface area contributed by atoms with Crippen LogP contribution in [0, 0.1) is 6.92 Å². The molecule has 1 fully saturated rings. The molecule has 0 aromatic heterocycles. The minimum atomic E-state index is -5.26. The summed E-state index contributed by atoms with van der Waals surface area (Å²) in [7, 11) is -5.26. The third-order valence-electron chi connectivity index (χ3n) is 3.37. The van der Waals surface area contributed by atoms with Gasteiger partial charge in [0.05, 0.1) is 0 Å². The Morgan fingerprint density at radius 1 is 1.13 bits per heavy atom. The van der Waals surface area contributed by atoms with Gasteiger partial charge in [0.2, 0.25) is 0 Å². The van der Waals surface area contributed by atoms with E-state index in [-0.39, 0.29) is 19.5 Å². The Bertz CT molecular complexity index is 553. The smallest absolute Gasteiger partial charge is 0.326 e. The molecule has 1 aliphatic rings. The average Bonchev–Trinajstić information content (AvgIpc) is 2.41. The summed E-state index contributed by atoms with van der Waals surface area (Å²) in [5.74, 6) is 0. The van der Waals surface area contributed by atoms with Crippen LogP contribution in [0.4, 0.5) is 13.2 Å². The fourth-order valence-corrected chi connectivity index (χ4v) is 2.93. The van der Waals surface area contributed by atoms with Crippen molar-refractivity contribution < 1.29 is 41.1 Å². The topological polar surface area (TPSA) is 72.2 Å². The van der Waals surface area contributed by atoms with Crippen LogP contribution in [0.15, 0.2) is 30.3 Å².